The van der Waals surface area contributed by atoms with Crippen LogP contribution in [-0.2, 0) is 4.79 Å². The number of nitrogens with zero attached hydrogens (tertiary/aromatic N) is 4. The third-order valence-electron chi connectivity index (χ3n) is 4.55. The van der Waals surface area contributed by atoms with Crippen LogP contribution in [0.2, 0.25) is 0 Å². The predicted octanol–water partition coefficient (Wildman–Crippen LogP) is 2.90. The average Bonchev–Trinajstić information content (AvgIpc) is 2.68. The van der Waals surface area contributed by atoms with E-state index in [1.54, 1.807) is 0 Å². The maximum Gasteiger partial charge on any atom is 0.234 e. The number of piperidine rings is 1. The number of nitrogens with two attached hydrogens (primary N) is 1. The lowest BCUT2D eigenvalue weighted by Gasteiger charge is -2.32. The summed E-state index contributed by atoms with van der Waals surface area (Å²) in [5.74, 6) is 0.939. The van der Waals surface area contributed by atoms with Crippen LogP contribution in [0.25, 0.3) is 0 Å². The van der Waals surface area contributed by atoms with E-state index in [9.17, 15) is 4.79 Å². The molecule has 0 radical (unpaired) electrons. The lowest BCUT2D eigenvalue weighted by atomic mass is 9.99. The quantitative estimate of drug-likeness (QED) is 0.604. The number of thioether (sulfide) groups is 1. The van der Waals surface area contributed by atoms with E-state index in [4.69, 9.17) is 11.0 Å². The summed E-state index contributed by atoms with van der Waals surface area (Å²) in [6, 6.07) is 9.84. The molecule has 3 N–H and O–H groups in total. The highest BCUT2D eigenvalue weighted by Gasteiger charge is 2.16. The first kappa shape index (κ1) is 19.0. The molecule has 1 aliphatic rings. The van der Waals surface area contributed by atoms with Gasteiger partial charge in [-0.05, 0) is 43.0 Å². The minimum atomic E-state index is -0.147. The van der Waals surface area contributed by atoms with Gasteiger partial charge >= 0.3 is 0 Å². The molecule has 0 atom stereocenters. The highest BCUT2D eigenvalue weighted by Crippen LogP contribution is 2.24. The van der Waals surface area contributed by atoms with E-state index in [-0.39, 0.29) is 23.0 Å². The maximum absolute atomic E-state index is 12.1. The molecule has 140 valence electrons. The summed E-state index contributed by atoms with van der Waals surface area (Å²) >= 11 is 1.18. The summed E-state index contributed by atoms with van der Waals surface area (Å²) in [7, 11) is 0. The number of nitrogens with one attached hydrogen (secondary N) is 1. The standard InChI is InChI=1S/C19H22N6OS/c1-13-6-8-25(9-7-13)16-4-2-15(3-5-16)23-17(26)12-27-19-22-11-14(10-20)18(21)24-19/h2-5,11,13H,6-9,12H2,1H3,(H,23,26)(H2,21,22,24). The van der Waals surface area contributed by atoms with Crippen LogP contribution in [0.3, 0.4) is 0 Å². The number of carbonyl (C=O) groups is 1. The van der Waals surface area contributed by atoms with Gasteiger partial charge in [-0.25, -0.2) is 9.97 Å². The Balaban J connectivity index is 1.50. The summed E-state index contributed by atoms with van der Waals surface area (Å²) in [5, 5.41) is 12.1. The van der Waals surface area contributed by atoms with Gasteiger partial charge in [0.2, 0.25) is 5.91 Å². The molecule has 2 heterocycles. The SMILES string of the molecule is CC1CCN(c2ccc(NC(=O)CSc3ncc(C#N)c(N)n3)cc2)CC1. The van der Waals surface area contributed by atoms with Crippen molar-refractivity contribution >= 4 is 34.9 Å². The molecule has 1 aromatic heterocycles. The number of aromatic nitrogens is 2. The number of hydrogen-bond donors (Lipinski definition) is 2. The molecule has 1 aliphatic heterocycles. The lowest BCUT2D eigenvalue weighted by molar-refractivity contribution is -0.113. The van der Waals surface area contributed by atoms with Crippen LogP contribution in [0.4, 0.5) is 17.2 Å². The molecule has 0 unspecified atom stereocenters. The van der Waals surface area contributed by atoms with Gasteiger partial charge in [0, 0.05) is 24.5 Å². The highest BCUT2D eigenvalue weighted by atomic mass is 32.2. The first-order valence-corrected chi connectivity index (χ1v) is 9.84. The average molecular weight is 382 g/mol. The third kappa shape index (κ3) is 5.11. The summed E-state index contributed by atoms with van der Waals surface area (Å²) in [4.78, 5) is 22.6. The first-order chi connectivity index (χ1) is 13.0. The van der Waals surface area contributed by atoms with Crippen molar-refractivity contribution in [3.05, 3.63) is 36.0 Å². The zero-order chi connectivity index (χ0) is 19.2. The molecule has 2 aromatic rings. The predicted molar refractivity (Wildman–Crippen MR) is 108 cm³/mol. The minimum absolute atomic E-state index is 0.123. The number of nitrogen functional groups attached to an aromatic ring is 1. The molecule has 0 aliphatic carbocycles. The van der Waals surface area contributed by atoms with Crippen molar-refractivity contribution < 1.29 is 4.79 Å². The molecule has 1 amide bonds. The van der Waals surface area contributed by atoms with Crippen molar-refractivity contribution in [2.75, 3.05) is 34.8 Å². The van der Waals surface area contributed by atoms with Crippen LogP contribution >= 0.6 is 11.8 Å². The van der Waals surface area contributed by atoms with Gasteiger partial charge in [0.25, 0.3) is 0 Å². The Morgan fingerprint density at radius 1 is 1.37 bits per heavy atom. The molecule has 27 heavy (non-hydrogen) atoms. The summed E-state index contributed by atoms with van der Waals surface area (Å²) in [6.07, 6.45) is 3.80. The van der Waals surface area contributed by atoms with Crippen LogP contribution in [-0.4, -0.2) is 34.7 Å². The first-order valence-electron chi connectivity index (χ1n) is 8.85. The molecule has 1 aromatic carbocycles. The second-order valence-electron chi connectivity index (χ2n) is 6.62. The zero-order valence-electron chi connectivity index (χ0n) is 15.2. The van der Waals surface area contributed by atoms with Crippen LogP contribution in [0.15, 0.2) is 35.6 Å². The van der Waals surface area contributed by atoms with E-state index >= 15 is 0 Å². The summed E-state index contributed by atoms with van der Waals surface area (Å²) in [6.45, 7) is 4.46. The molecule has 7 nitrogen and oxygen atoms in total. The van der Waals surface area contributed by atoms with Crippen molar-refractivity contribution in [2.45, 2.75) is 24.9 Å². The van der Waals surface area contributed by atoms with Crippen molar-refractivity contribution in [1.82, 2.24) is 9.97 Å². The molecule has 1 fully saturated rings. The largest absolute Gasteiger partial charge is 0.382 e. The fourth-order valence-electron chi connectivity index (χ4n) is 2.88. The smallest absolute Gasteiger partial charge is 0.234 e. The Morgan fingerprint density at radius 2 is 2.07 bits per heavy atom. The monoisotopic (exact) mass is 382 g/mol. The van der Waals surface area contributed by atoms with Crippen LogP contribution < -0.4 is 16.0 Å². The zero-order valence-corrected chi connectivity index (χ0v) is 16.0. The van der Waals surface area contributed by atoms with E-state index in [1.807, 2.05) is 30.3 Å². The van der Waals surface area contributed by atoms with E-state index in [2.05, 4.69) is 27.1 Å². The van der Waals surface area contributed by atoms with Gasteiger partial charge in [0.1, 0.15) is 17.5 Å². The Kier molecular flexibility index (Phi) is 6.14. The van der Waals surface area contributed by atoms with Gasteiger partial charge in [-0.1, -0.05) is 18.7 Å². The Bertz CT molecular complexity index is 840. The maximum atomic E-state index is 12.1. The molecule has 0 bridgehead atoms. The van der Waals surface area contributed by atoms with Crippen molar-refractivity contribution in [1.29, 1.82) is 5.26 Å². The Labute approximate surface area is 163 Å². The van der Waals surface area contributed by atoms with E-state index < -0.39 is 0 Å². The second-order valence-corrected chi connectivity index (χ2v) is 7.56. The van der Waals surface area contributed by atoms with Crippen molar-refractivity contribution in [2.24, 2.45) is 5.92 Å². The second kappa shape index (κ2) is 8.73. The van der Waals surface area contributed by atoms with Gasteiger partial charge < -0.3 is 16.0 Å². The third-order valence-corrected chi connectivity index (χ3v) is 5.41. The van der Waals surface area contributed by atoms with Crippen molar-refractivity contribution in [3.63, 3.8) is 0 Å². The molecule has 1 saturated heterocycles. The van der Waals surface area contributed by atoms with Crippen LogP contribution in [0.1, 0.15) is 25.3 Å². The van der Waals surface area contributed by atoms with Gasteiger partial charge in [-0.3, -0.25) is 4.79 Å². The summed E-state index contributed by atoms with van der Waals surface area (Å²) in [5.41, 5.74) is 7.83. The molecule has 0 saturated carbocycles. The van der Waals surface area contributed by atoms with Gasteiger partial charge in [0.15, 0.2) is 5.16 Å². The number of nitriles is 1. The number of amides is 1. The molecule has 8 heteroatoms. The normalized spacial score (nSPS) is 14.6. The Hall–Kier alpha value is -2.79. The molecular weight excluding hydrogens is 360 g/mol. The van der Waals surface area contributed by atoms with Crippen LogP contribution in [0.5, 0.6) is 0 Å². The van der Waals surface area contributed by atoms with Gasteiger partial charge in [0.05, 0.1) is 11.9 Å². The number of carbonyl (C=O) groups excluding carboxylic acids is 1. The summed E-state index contributed by atoms with van der Waals surface area (Å²) < 4.78 is 0. The highest BCUT2D eigenvalue weighted by molar-refractivity contribution is 7.99. The number of benzene rings is 1. The molecule has 3 rings (SSSR count). The number of anilines is 3. The molecular formula is C19H22N6OS. The Morgan fingerprint density at radius 3 is 2.70 bits per heavy atom. The lowest BCUT2D eigenvalue weighted by Crippen LogP contribution is -2.32. The van der Waals surface area contributed by atoms with E-state index in [1.165, 1.54) is 36.5 Å². The van der Waals surface area contributed by atoms with E-state index in [0.29, 0.717) is 5.16 Å². The molecule has 0 spiro atoms. The van der Waals surface area contributed by atoms with Crippen LogP contribution in [0, 0.1) is 17.2 Å². The van der Waals surface area contributed by atoms with Gasteiger partial charge in [-0.15, -0.1) is 0 Å². The fraction of sp³-hybridized carbons (Fsp3) is 0.368. The number of hydrogen-bond acceptors (Lipinski definition) is 7. The van der Waals surface area contributed by atoms with Gasteiger partial charge in [-0.2, -0.15) is 5.26 Å². The fourth-order valence-corrected chi connectivity index (χ4v) is 3.51. The van der Waals surface area contributed by atoms with Crippen molar-refractivity contribution in [3.8, 4) is 6.07 Å². The minimum Gasteiger partial charge on any atom is -0.382 e. The number of rotatable bonds is 5. The topological polar surface area (TPSA) is 108 Å². The van der Waals surface area contributed by atoms with E-state index in [0.717, 1.165) is 24.7 Å².